The molecule has 1 unspecified atom stereocenters. The van der Waals surface area contributed by atoms with Crippen LogP contribution in [-0.4, -0.2) is 0 Å². The van der Waals surface area contributed by atoms with Crippen molar-refractivity contribution in [3.63, 3.8) is 0 Å². The number of fused-ring (bicyclic) bond motifs is 13. The Morgan fingerprint density at radius 3 is 1.66 bits per heavy atom. The predicted molar refractivity (Wildman–Crippen MR) is 245 cm³/mol. The summed E-state index contributed by atoms with van der Waals surface area (Å²) in [6.45, 7) is 0. The topological polar surface area (TPSA) is 6.48 Å². The molecule has 2 nitrogen and oxygen atoms in total. The summed E-state index contributed by atoms with van der Waals surface area (Å²) in [4.78, 5) is 6.27. The maximum absolute atomic E-state index is 2.52. The standard InChI is InChI=1S/C55H36N2S/c1-4-20-38(21-5-1)56(39-22-6-2-7-23-39)41-34-35-44-43-27-12-14-30-47(43)55(48(44)36-41)52-46(54-53(55)45-28-13-15-33-51(45)58-54)29-17-32-50(52)57(40-24-8-3-9-25-40)49-31-16-19-37-18-10-11-26-42(37)49/h1-36H. The lowest BCUT2D eigenvalue weighted by Crippen LogP contribution is -2.28. The fraction of sp³-hybridized carbons (Fsp3) is 0.0182. The van der Waals surface area contributed by atoms with Gasteiger partial charge >= 0.3 is 0 Å². The molecule has 0 bridgehead atoms. The first-order valence-corrected chi connectivity index (χ1v) is 20.8. The molecule has 0 amide bonds. The number of para-hydroxylation sites is 3. The van der Waals surface area contributed by atoms with Crippen molar-refractivity contribution in [2.24, 2.45) is 0 Å². The van der Waals surface area contributed by atoms with E-state index >= 15 is 0 Å². The Hall–Kier alpha value is -7.20. The molecule has 2 aliphatic rings. The highest BCUT2D eigenvalue weighted by molar-refractivity contribution is 7.22. The summed E-state index contributed by atoms with van der Waals surface area (Å²) in [7, 11) is 0. The molecule has 10 aromatic rings. The van der Waals surface area contributed by atoms with E-state index in [1.54, 1.807) is 0 Å². The number of thiophene rings is 1. The van der Waals surface area contributed by atoms with Gasteiger partial charge in [0.25, 0.3) is 0 Å². The van der Waals surface area contributed by atoms with Crippen molar-refractivity contribution in [2.45, 2.75) is 5.41 Å². The summed E-state index contributed by atoms with van der Waals surface area (Å²) in [6.07, 6.45) is 0. The molecule has 0 saturated heterocycles. The monoisotopic (exact) mass is 756 g/mol. The summed E-state index contributed by atoms with van der Waals surface area (Å²) in [5.41, 5.74) is 15.4. The Labute approximate surface area is 342 Å². The average molecular weight is 757 g/mol. The first-order chi connectivity index (χ1) is 28.8. The van der Waals surface area contributed by atoms with Gasteiger partial charge in [-0.1, -0.05) is 152 Å². The summed E-state index contributed by atoms with van der Waals surface area (Å²) < 4.78 is 1.31. The lowest BCUT2D eigenvalue weighted by Gasteiger charge is -2.36. The van der Waals surface area contributed by atoms with Crippen LogP contribution in [0.3, 0.4) is 0 Å². The Morgan fingerprint density at radius 2 is 0.897 bits per heavy atom. The third-order valence-electron chi connectivity index (χ3n) is 12.2. The van der Waals surface area contributed by atoms with Crippen LogP contribution in [0.5, 0.6) is 0 Å². The van der Waals surface area contributed by atoms with Crippen LogP contribution in [0.1, 0.15) is 22.3 Å². The number of anilines is 6. The van der Waals surface area contributed by atoms with Gasteiger partial charge in [-0.25, -0.2) is 0 Å². The van der Waals surface area contributed by atoms with E-state index in [0.29, 0.717) is 0 Å². The van der Waals surface area contributed by atoms with E-state index in [2.05, 4.69) is 228 Å². The summed E-state index contributed by atoms with van der Waals surface area (Å²) in [5, 5.41) is 3.75. The van der Waals surface area contributed by atoms with E-state index in [4.69, 9.17) is 0 Å². The molecule has 1 spiro atoms. The van der Waals surface area contributed by atoms with Crippen LogP contribution in [-0.2, 0) is 5.41 Å². The van der Waals surface area contributed by atoms with E-state index in [1.165, 1.54) is 70.4 Å². The van der Waals surface area contributed by atoms with Gasteiger partial charge in [0.15, 0.2) is 0 Å². The van der Waals surface area contributed by atoms with Gasteiger partial charge in [-0.3, -0.25) is 0 Å². The van der Waals surface area contributed by atoms with Crippen LogP contribution in [0.2, 0.25) is 0 Å². The minimum Gasteiger partial charge on any atom is -0.310 e. The number of hydrogen-bond acceptors (Lipinski definition) is 3. The molecule has 0 saturated carbocycles. The maximum Gasteiger partial charge on any atom is 0.0761 e. The van der Waals surface area contributed by atoms with E-state index in [0.717, 1.165) is 28.4 Å². The summed E-state index contributed by atoms with van der Waals surface area (Å²) in [6, 6.07) is 80.4. The van der Waals surface area contributed by atoms with Crippen LogP contribution in [0.25, 0.3) is 42.4 Å². The molecular formula is C55H36N2S. The molecule has 272 valence electrons. The van der Waals surface area contributed by atoms with Gasteiger partial charge in [0.1, 0.15) is 0 Å². The van der Waals surface area contributed by atoms with Gasteiger partial charge in [0, 0.05) is 43.3 Å². The smallest absolute Gasteiger partial charge is 0.0761 e. The van der Waals surface area contributed by atoms with Gasteiger partial charge in [-0.15, -0.1) is 11.3 Å². The number of hydrogen-bond donors (Lipinski definition) is 0. The molecule has 3 heteroatoms. The zero-order valence-corrected chi connectivity index (χ0v) is 32.4. The Balaban J connectivity index is 1.22. The average Bonchev–Trinajstić information content (AvgIpc) is 3.92. The first kappa shape index (κ1) is 33.0. The zero-order valence-electron chi connectivity index (χ0n) is 31.6. The molecule has 1 aromatic heterocycles. The van der Waals surface area contributed by atoms with Gasteiger partial charge in [0.2, 0.25) is 0 Å². The van der Waals surface area contributed by atoms with Crippen molar-refractivity contribution in [3.05, 3.63) is 241 Å². The van der Waals surface area contributed by atoms with Gasteiger partial charge in [-0.05, 0) is 111 Å². The fourth-order valence-corrected chi connectivity index (χ4v) is 11.3. The Kier molecular flexibility index (Phi) is 7.35. The zero-order chi connectivity index (χ0) is 38.2. The second kappa shape index (κ2) is 12.9. The largest absolute Gasteiger partial charge is 0.310 e. The summed E-state index contributed by atoms with van der Waals surface area (Å²) >= 11 is 1.93. The third kappa shape index (κ3) is 4.65. The van der Waals surface area contributed by atoms with Crippen molar-refractivity contribution in [1.29, 1.82) is 0 Å². The normalized spacial score (nSPS) is 14.6. The number of benzene rings is 9. The van der Waals surface area contributed by atoms with Crippen molar-refractivity contribution in [1.82, 2.24) is 0 Å². The number of nitrogens with zero attached hydrogens (tertiary/aromatic N) is 2. The molecule has 0 radical (unpaired) electrons. The lowest BCUT2D eigenvalue weighted by atomic mass is 9.69. The maximum atomic E-state index is 2.52. The van der Waals surface area contributed by atoms with Crippen LogP contribution < -0.4 is 9.80 Å². The lowest BCUT2D eigenvalue weighted by molar-refractivity contribution is 0.801. The van der Waals surface area contributed by atoms with Crippen LogP contribution in [0.4, 0.5) is 34.1 Å². The van der Waals surface area contributed by atoms with Gasteiger partial charge in [0.05, 0.1) is 16.8 Å². The Bertz CT molecular complexity index is 3140. The van der Waals surface area contributed by atoms with E-state index < -0.39 is 5.41 Å². The molecule has 0 fully saturated rings. The molecular weight excluding hydrogens is 721 g/mol. The molecule has 58 heavy (non-hydrogen) atoms. The minimum absolute atomic E-state index is 0.612. The fourth-order valence-electron chi connectivity index (χ4n) is 9.98. The van der Waals surface area contributed by atoms with Gasteiger partial charge in [-0.2, -0.15) is 0 Å². The molecule has 12 rings (SSSR count). The van der Waals surface area contributed by atoms with E-state index in [1.807, 2.05) is 11.3 Å². The highest BCUT2D eigenvalue weighted by Crippen LogP contribution is 2.68. The molecule has 0 aliphatic heterocycles. The first-order valence-electron chi connectivity index (χ1n) is 19.9. The minimum atomic E-state index is -0.612. The Morgan fingerprint density at radius 1 is 0.345 bits per heavy atom. The van der Waals surface area contributed by atoms with Crippen LogP contribution in [0, 0.1) is 0 Å². The molecule has 9 aromatic carbocycles. The molecule has 2 aliphatic carbocycles. The van der Waals surface area contributed by atoms with Crippen LogP contribution in [0.15, 0.2) is 218 Å². The van der Waals surface area contributed by atoms with Gasteiger partial charge < -0.3 is 9.80 Å². The van der Waals surface area contributed by atoms with E-state index in [-0.39, 0.29) is 0 Å². The highest BCUT2D eigenvalue weighted by atomic mass is 32.1. The highest BCUT2D eigenvalue weighted by Gasteiger charge is 2.55. The summed E-state index contributed by atoms with van der Waals surface area (Å²) in [5.74, 6) is 0. The van der Waals surface area contributed by atoms with Crippen molar-refractivity contribution >= 4 is 66.3 Å². The SMILES string of the molecule is c1ccc(N(c2ccccc2)c2ccc3c(c2)C2(c4ccccc4-3)c3c(cccc3N(c3ccccc3)c3cccc4ccccc34)-c3sc4ccccc4c32)cc1. The second-order valence-electron chi connectivity index (χ2n) is 15.2. The predicted octanol–water partition coefficient (Wildman–Crippen LogP) is 15.3. The van der Waals surface area contributed by atoms with Crippen molar-refractivity contribution < 1.29 is 0 Å². The third-order valence-corrected chi connectivity index (χ3v) is 13.4. The molecule has 0 N–H and O–H groups in total. The van der Waals surface area contributed by atoms with E-state index in [9.17, 15) is 0 Å². The quantitative estimate of drug-likeness (QED) is 0.167. The number of rotatable bonds is 6. The van der Waals surface area contributed by atoms with Crippen LogP contribution >= 0.6 is 11.3 Å². The van der Waals surface area contributed by atoms with Crippen molar-refractivity contribution in [3.8, 4) is 21.6 Å². The molecule has 1 heterocycles. The second-order valence-corrected chi connectivity index (χ2v) is 16.3. The van der Waals surface area contributed by atoms with Crippen molar-refractivity contribution in [2.75, 3.05) is 9.80 Å². The molecule has 1 atom stereocenters.